The Morgan fingerprint density at radius 2 is 1.72 bits per heavy atom. The van der Waals surface area contributed by atoms with E-state index in [1.807, 2.05) is 0 Å². The Morgan fingerprint density at radius 1 is 1.06 bits per heavy atom. The van der Waals surface area contributed by atoms with Gasteiger partial charge in [-0.05, 0) is 38.5 Å². The summed E-state index contributed by atoms with van der Waals surface area (Å²) in [6.07, 6.45) is 18.3. The van der Waals surface area contributed by atoms with Crippen LogP contribution in [0.2, 0.25) is 0 Å². The summed E-state index contributed by atoms with van der Waals surface area (Å²) in [4.78, 5) is 11.3. The van der Waals surface area contributed by atoms with E-state index in [-0.39, 0.29) is 5.91 Å². The smallest absolute Gasteiger partial charge is 0.223 e. The zero-order valence-corrected chi connectivity index (χ0v) is 11.7. The van der Waals surface area contributed by atoms with Crippen molar-refractivity contribution >= 4 is 5.91 Å². The van der Waals surface area contributed by atoms with Crippen molar-refractivity contribution in [3.05, 3.63) is 24.3 Å². The fourth-order valence-corrected chi connectivity index (χ4v) is 1.79. The van der Waals surface area contributed by atoms with Crippen LogP contribution < -0.4 is 5.32 Å². The molecule has 0 aromatic carbocycles. The second-order valence-corrected chi connectivity index (χ2v) is 5.04. The molecule has 1 rings (SSSR count). The fraction of sp³-hybridized carbons (Fsp3) is 0.688. The van der Waals surface area contributed by atoms with Crippen LogP contribution in [-0.2, 0) is 4.79 Å². The SMILES string of the molecule is CCCCCC=CCCC=CCNC(=O)C1CC1. The van der Waals surface area contributed by atoms with Crippen LogP contribution in [0, 0.1) is 5.92 Å². The molecule has 0 atom stereocenters. The van der Waals surface area contributed by atoms with E-state index in [1.165, 1.54) is 25.7 Å². The van der Waals surface area contributed by atoms with Gasteiger partial charge in [0.2, 0.25) is 5.91 Å². The van der Waals surface area contributed by atoms with Gasteiger partial charge in [-0.25, -0.2) is 0 Å². The Labute approximate surface area is 112 Å². The van der Waals surface area contributed by atoms with Crippen LogP contribution in [0.25, 0.3) is 0 Å². The molecular weight excluding hydrogens is 222 g/mol. The van der Waals surface area contributed by atoms with Crippen molar-refractivity contribution < 1.29 is 4.79 Å². The predicted octanol–water partition coefficient (Wildman–Crippen LogP) is 3.99. The molecule has 2 heteroatoms. The number of unbranched alkanes of at least 4 members (excludes halogenated alkanes) is 4. The average Bonchev–Trinajstić information content (AvgIpc) is 3.20. The van der Waals surface area contributed by atoms with Gasteiger partial charge in [0.1, 0.15) is 0 Å². The summed E-state index contributed by atoms with van der Waals surface area (Å²) < 4.78 is 0. The third-order valence-corrected chi connectivity index (χ3v) is 3.15. The molecule has 1 aliphatic carbocycles. The molecule has 1 amide bonds. The Hall–Kier alpha value is -1.05. The van der Waals surface area contributed by atoms with Crippen LogP contribution in [0.4, 0.5) is 0 Å². The van der Waals surface area contributed by atoms with Crippen molar-refractivity contribution in [2.24, 2.45) is 5.92 Å². The van der Waals surface area contributed by atoms with E-state index in [0.29, 0.717) is 12.5 Å². The number of amides is 1. The molecule has 0 aromatic heterocycles. The first kappa shape index (κ1) is 15.0. The maximum absolute atomic E-state index is 11.3. The zero-order valence-electron chi connectivity index (χ0n) is 11.7. The van der Waals surface area contributed by atoms with Crippen LogP contribution in [0.15, 0.2) is 24.3 Å². The van der Waals surface area contributed by atoms with Crippen molar-refractivity contribution in [2.75, 3.05) is 6.54 Å². The van der Waals surface area contributed by atoms with Gasteiger partial charge >= 0.3 is 0 Å². The number of nitrogens with one attached hydrogen (secondary N) is 1. The van der Waals surface area contributed by atoms with Crippen LogP contribution in [-0.4, -0.2) is 12.5 Å². The first-order valence-electron chi connectivity index (χ1n) is 7.42. The molecule has 0 saturated heterocycles. The molecule has 0 aromatic rings. The lowest BCUT2D eigenvalue weighted by Crippen LogP contribution is -2.24. The minimum Gasteiger partial charge on any atom is -0.352 e. The highest BCUT2D eigenvalue weighted by molar-refractivity contribution is 5.80. The van der Waals surface area contributed by atoms with Gasteiger partial charge in [-0.3, -0.25) is 4.79 Å². The molecule has 1 saturated carbocycles. The summed E-state index contributed by atoms with van der Waals surface area (Å²) >= 11 is 0. The summed E-state index contributed by atoms with van der Waals surface area (Å²) in [5, 5.41) is 2.93. The molecule has 102 valence electrons. The summed E-state index contributed by atoms with van der Waals surface area (Å²) in [7, 11) is 0. The van der Waals surface area contributed by atoms with Gasteiger partial charge in [-0.1, -0.05) is 44.1 Å². The molecule has 0 radical (unpaired) electrons. The zero-order chi connectivity index (χ0) is 13.1. The molecule has 0 aliphatic heterocycles. The topological polar surface area (TPSA) is 29.1 Å². The standard InChI is InChI=1S/C16H27NO/c1-2-3-4-5-6-7-8-9-10-11-14-17-16(18)15-12-13-15/h6-7,10-11,15H,2-5,8-9,12-14H2,1H3,(H,17,18). The normalized spacial score (nSPS) is 15.6. The van der Waals surface area contributed by atoms with E-state index in [1.54, 1.807) is 0 Å². The maximum Gasteiger partial charge on any atom is 0.223 e. The van der Waals surface area contributed by atoms with E-state index < -0.39 is 0 Å². The van der Waals surface area contributed by atoms with Gasteiger partial charge in [0.25, 0.3) is 0 Å². The first-order valence-corrected chi connectivity index (χ1v) is 7.42. The monoisotopic (exact) mass is 249 g/mol. The molecule has 2 nitrogen and oxygen atoms in total. The van der Waals surface area contributed by atoms with Crippen LogP contribution >= 0.6 is 0 Å². The van der Waals surface area contributed by atoms with Crippen molar-refractivity contribution in [1.82, 2.24) is 5.32 Å². The van der Waals surface area contributed by atoms with Crippen LogP contribution in [0.1, 0.15) is 58.3 Å². The van der Waals surface area contributed by atoms with Gasteiger partial charge in [-0.15, -0.1) is 0 Å². The van der Waals surface area contributed by atoms with E-state index in [0.717, 1.165) is 25.7 Å². The molecule has 0 heterocycles. The van der Waals surface area contributed by atoms with Crippen molar-refractivity contribution in [3.8, 4) is 0 Å². The number of carbonyl (C=O) groups excluding carboxylic acids is 1. The van der Waals surface area contributed by atoms with E-state index in [9.17, 15) is 4.79 Å². The van der Waals surface area contributed by atoms with Crippen molar-refractivity contribution in [1.29, 1.82) is 0 Å². The molecule has 1 N–H and O–H groups in total. The number of allylic oxidation sites excluding steroid dienone is 3. The van der Waals surface area contributed by atoms with E-state index in [2.05, 4.69) is 36.5 Å². The Morgan fingerprint density at radius 3 is 2.39 bits per heavy atom. The third kappa shape index (κ3) is 8.10. The highest BCUT2D eigenvalue weighted by Gasteiger charge is 2.28. The molecule has 0 bridgehead atoms. The van der Waals surface area contributed by atoms with Gasteiger partial charge in [0, 0.05) is 12.5 Å². The second-order valence-electron chi connectivity index (χ2n) is 5.04. The summed E-state index contributed by atoms with van der Waals surface area (Å²) in [5.74, 6) is 0.555. The quantitative estimate of drug-likeness (QED) is 0.460. The minimum atomic E-state index is 0.232. The Balaban J connectivity index is 1.85. The maximum atomic E-state index is 11.3. The highest BCUT2D eigenvalue weighted by atomic mass is 16.2. The number of carbonyl (C=O) groups is 1. The number of hydrogen-bond donors (Lipinski definition) is 1. The van der Waals surface area contributed by atoms with E-state index in [4.69, 9.17) is 0 Å². The van der Waals surface area contributed by atoms with E-state index >= 15 is 0 Å². The molecule has 1 aliphatic rings. The molecule has 0 unspecified atom stereocenters. The predicted molar refractivity (Wildman–Crippen MR) is 77.4 cm³/mol. The first-order chi connectivity index (χ1) is 8.84. The van der Waals surface area contributed by atoms with Crippen molar-refractivity contribution in [2.45, 2.75) is 58.3 Å². The highest BCUT2D eigenvalue weighted by Crippen LogP contribution is 2.28. The number of hydrogen-bond acceptors (Lipinski definition) is 1. The summed E-state index contributed by atoms with van der Waals surface area (Å²) in [6.45, 7) is 2.92. The minimum absolute atomic E-state index is 0.232. The lowest BCUT2D eigenvalue weighted by atomic mass is 10.2. The Kier molecular flexibility index (Phi) is 8.28. The van der Waals surface area contributed by atoms with Gasteiger partial charge in [0.05, 0.1) is 0 Å². The fourth-order valence-electron chi connectivity index (χ4n) is 1.79. The third-order valence-electron chi connectivity index (χ3n) is 3.15. The average molecular weight is 249 g/mol. The second kappa shape index (κ2) is 9.93. The summed E-state index contributed by atoms with van der Waals surface area (Å²) in [6, 6.07) is 0. The summed E-state index contributed by atoms with van der Waals surface area (Å²) in [5.41, 5.74) is 0. The Bertz CT molecular complexity index is 277. The van der Waals surface area contributed by atoms with Crippen molar-refractivity contribution in [3.63, 3.8) is 0 Å². The van der Waals surface area contributed by atoms with Gasteiger partial charge in [-0.2, -0.15) is 0 Å². The largest absolute Gasteiger partial charge is 0.352 e. The molecule has 1 fully saturated rings. The van der Waals surface area contributed by atoms with Gasteiger partial charge < -0.3 is 5.32 Å². The lowest BCUT2D eigenvalue weighted by Gasteiger charge is -1.98. The lowest BCUT2D eigenvalue weighted by molar-refractivity contribution is -0.122. The number of rotatable bonds is 10. The molecule has 18 heavy (non-hydrogen) atoms. The van der Waals surface area contributed by atoms with Crippen LogP contribution in [0.3, 0.4) is 0 Å². The van der Waals surface area contributed by atoms with Crippen LogP contribution in [0.5, 0.6) is 0 Å². The van der Waals surface area contributed by atoms with Gasteiger partial charge in [0.15, 0.2) is 0 Å². The molecule has 0 spiro atoms. The molecular formula is C16H27NO.